The third kappa shape index (κ3) is 0.891. The van der Waals surface area contributed by atoms with E-state index in [1.807, 2.05) is 0 Å². The van der Waals surface area contributed by atoms with Crippen molar-refractivity contribution in [1.82, 2.24) is 0 Å². The first-order valence-electron chi connectivity index (χ1n) is 5.43. The number of rotatable bonds is 3. The van der Waals surface area contributed by atoms with Crippen LogP contribution in [0.25, 0.3) is 0 Å². The maximum Gasteiger partial charge on any atom is -0.00176 e. The standard InChI is InChI=1S/C11H21N/c1-3-8(2)10-9-4-5-11(10,6-9)7-12/h8-10H,3-7,12H2,1-2H3. The minimum absolute atomic E-state index is 0.597. The molecule has 2 bridgehead atoms. The molecule has 3 aliphatic rings. The Morgan fingerprint density at radius 2 is 2.33 bits per heavy atom. The van der Waals surface area contributed by atoms with Gasteiger partial charge < -0.3 is 5.73 Å². The van der Waals surface area contributed by atoms with Crippen LogP contribution in [0.15, 0.2) is 0 Å². The molecule has 70 valence electrons. The van der Waals surface area contributed by atoms with E-state index in [-0.39, 0.29) is 0 Å². The zero-order chi connectivity index (χ0) is 8.77. The molecule has 4 unspecified atom stereocenters. The van der Waals surface area contributed by atoms with E-state index < -0.39 is 0 Å². The lowest BCUT2D eigenvalue weighted by Crippen LogP contribution is -2.48. The van der Waals surface area contributed by atoms with Crippen LogP contribution < -0.4 is 5.73 Å². The van der Waals surface area contributed by atoms with Gasteiger partial charge in [0.05, 0.1) is 0 Å². The molecule has 3 fully saturated rings. The molecule has 0 radical (unpaired) electrons. The summed E-state index contributed by atoms with van der Waals surface area (Å²) >= 11 is 0. The lowest BCUT2D eigenvalue weighted by atomic mass is 9.55. The zero-order valence-corrected chi connectivity index (χ0v) is 8.34. The average Bonchev–Trinajstić information content (AvgIpc) is 2.61. The lowest BCUT2D eigenvalue weighted by molar-refractivity contribution is -0.00421. The van der Waals surface area contributed by atoms with Crippen LogP contribution in [0.5, 0.6) is 0 Å². The molecule has 0 aliphatic heterocycles. The van der Waals surface area contributed by atoms with Gasteiger partial charge in [-0.25, -0.2) is 0 Å². The molecule has 1 nitrogen and oxygen atoms in total. The molecule has 0 aromatic heterocycles. The second kappa shape index (κ2) is 2.73. The van der Waals surface area contributed by atoms with Gasteiger partial charge in [0.1, 0.15) is 0 Å². The van der Waals surface area contributed by atoms with Crippen LogP contribution in [0.1, 0.15) is 39.5 Å². The molecule has 1 heteroatoms. The van der Waals surface area contributed by atoms with Gasteiger partial charge in [0.25, 0.3) is 0 Å². The quantitative estimate of drug-likeness (QED) is 0.686. The number of hydrogen-bond acceptors (Lipinski definition) is 1. The van der Waals surface area contributed by atoms with Crippen molar-refractivity contribution in [3.8, 4) is 0 Å². The second-order valence-electron chi connectivity index (χ2n) is 4.98. The smallest absolute Gasteiger partial charge is 0.00176 e. The molecule has 3 rings (SSSR count). The molecular weight excluding hydrogens is 146 g/mol. The Morgan fingerprint density at radius 1 is 1.58 bits per heavy atom. The molecule has 0 spiro atoms. The summed E-state index contributed by atoms with van der Waals surface area (Å²) in [7, 11) is 0. The topological polar surface area (TPSA) is 26.0 Å². The molecule has 0 saturated heterocycles. The largest absolute Gasteiger partial charge is 0.330 e. The minimum Gasteiger partial charge on any atom is -0.330 e. The van der Waals surface area contributed by atoms with Crippen LogP contribution in [-0.2, 0) is 0 Å². The van der Waals surface area contributed by atoms with Crippen LogP contribution in [0.2, 0.25) is 0 Å². The van der Waals surface area contributed by atoms with Crippen LogP contribution >= 0.6 is 0 Å². The molecule has 3 aliphatic carbocycles. The molecule has 4 atom stereocenters. The van der Waals surface area contributed by atoms with Gasteiger partial charge in [-0.2, -0.15) is 0 Å². The Hall–Kier alpha value is -0.0400. The molecule has 3 saturated carbocycles. The molecule has 0 heterocycles. The van der Waals surface area contributed by atoms with Crippen molar-refractivity contribution in [3.63, 3.8) is 0 Å². The monoisotopic (exact) mass is 167 g/mol. The van der Waals surface area contributed by atoms with Gasteiger partial charge in [0, 0.05) is 0 Å². The van der Waals surface area contributed by atoms with Crippen molar-refractivity contribution in [2.24, 2.45) is 28.9 Å². The van der Waals surface area contributed by atoms with E-state index in [2.05, 4.69) is 13.8 Å². The van der Waals surface area contributed by atoms with Crippen LogP contribution in [0.3, 0.4) is 0 Å². The van der Waals surface area contributed by atoms with Crippen molar-refractivity contribution in [2.75, 3.05) is 6.54 Å². The van der Waals surface area contributed by atoms with E-state index in [1.165, 1.54) is 25.7 Å². The molecule has 0 aromatic rings. The second-order valence-corrected chi connectivity index (χ2v) is 4.98. The minimum atomic E-state index is 0.597. The molecule has 0 amide bonds. The number of fused-ring (bicyclic) bond motifs is 1. The highest BCUT2D eigenvalue weighted by Gasteiger charge is 2.58. The highest BCUT2D eigenvalue weighted by atomic mass is 14.7. The van der Waals surface area contributed by atoms with Gasteiger partial charge in [-0.1, -0.05) is 20.3 Å². The first-order chi connectivity index (χ1) is 5.73. The summed E-state index contributed by atoms with van der Waals surface area (Å²) in [5.74, 6) is 2.94. The van der Waals surface area contributed by atoms with E-state index >= 15 is 0 Å². The fourth-order valence-corrected chi connectivity index (χ4v) is 3.79. The molecule has 0 aromatic carbocycles. The number of hydrogen-bond donors (Lipinski definition) is 1. The summed E-state index contributed by atoms with van der Waals surface area (Å²) in [6.07, 6.45) is 5.66. The van der Waals surface area contributed by atoms with Gasteiger partial charge in [0.2, 0.25) is 0 Å². The summed E-state index contributed by atoms with van der Waals surface area (Å²) in [6, 6.07) is 0. The van der Waals surface area contributed by atoms with Crippen LogP contribution in [0, 0.1) is 23.2 Å². The Morgan fingerprint density at radius 3 is 2.83 bits per heavy atom. The van der Waals surface area contributed by atoms with E-state index in [0.717, 1.165) is 24.3 Å². The van der Waals surface area contributed by atoms with E-state index in [9.17, 15) is 0 Å². The zero-order valence-electron chi connectivity index (χ0n) is 8.34. The van der Waals surface area contributed by atoms with E-state index in [0.29, 0.717) is 5.41 Å². The lowest BCUT2D eigenvalue weighted by Gasteiger charge is -2.50. The SMILES string of the molecule is CCC(C)C1C2CCC1(CN)C2. The Balaban J connectivity index is 2.08. The Labute approximate surface area is 75.7 Å². The van der Waals surface area contributed by atoms with Crippen LogP contribution in [0.4, 0.5) is 0 Å². The van der Waals surface area contributed by atoms with Crippen molar-refractivity contribution >= 4 is 0 Å². The fraction of sp³-hybridized carbons (Fsp3) is 1.00. The van der Waals surface area contributed by atoms with E-state index in [4.69, 9.17) is 5.73 Å². The van der Waals surface area contributed by atoms with Gasteiger partial charge in [-0.15, -0.1) is 0 Å². The van der Waals surface area contributed by atoms with Gasteiger partial charge in [0.15, 0.2) is 0 Å². The first-order valence-corrected chi connectivity index (χ1v) is 5.43. The van der Waals surface area contributed by atoms with Gasteiger partial charge in [-0.3, -0.25) is 0 Å². The summed E-state index contributed by atoms with van der Waals surface area (Å²) in [5, 5.41) is 0. The highest BCUT2D eigenvalue weighted by Crippen LogP contribution is 2.65. The average molecular weight is 167 g/mol. The van der Waals surface area contributed by atoms with Crippen molar-refractivity contribution < 1.29 is 0 Å². The summed E-state index contributed by atoms with van der Waals surface area (Å²) in [6.45, 7) is 5.66. The number of nitrogens with two attached hydrogens (primary N) is 1. The fourth-order valence-electron chi connectivity index (χ4n) is 3.79. The Bertz CT molecular complexity index is 174. The van der Waals surface area contributed by atoms with E-state index in [1.54, 1.807) is 0 Å². The molecule has 12 heavy (non-hydrogen) atoms. The normalized spacial score (nSPS) is 47.2. The van der Waals surface area contributed by atoms with Crippen LogP contribution in [-0.4, -0.2) is 6.54 Å². The van der Waals surface area contributed by atoms with Crippen molar-refractivity contribution in [2.45, 2.75) is 39.5 Å². The summed E-state index contributed by atoms with van der Waals surface area (Å²) < 4.78 is 0. The summed E-state index contributed by atoms with van der Waals surface area (Å²) in [4.78, 5) is 0. The predicted molar refractivity (Wildman–Crippen MR) is 51.8 cm³/mol. The highest BCUT2D eigenvalue weighted by molar-refractivity contribution is 5.09. The third-order valence-corrected chi connectivity index (χ3v) is 4.56. The van der Waals surface area contributed by atoms with Crippen molar-refractivity contribution in [1.29, 1.82) is 0 Å². The predicted octanol–water partition coefficient (Wildman–Crippen LogP) is 2.41. The molecular formula is C11H21N. The van der Waals surface area contributed by atoms with Gasteiger partial charge >= 0.3 is 0 Å². The maximum absolute atomic E-state index is 5.89. The molecule has 2 N–H and O–H groups in total. The summed E-state index contributed by atoms with van der Waals surface area (Å²) in [5.41, 5.74) is 6.49. The Kier molecular flexibility index (Phi) is 1.95. The van der Waals surface area contributed by atoms with Crippen molar-refractivity contribution in [3.05, 3.63) is 0 Å². The maximum atomic E-state index is 5.89. The van der Waals surface area contributed by atoms with Gasteiger partial charge in [-0.05, 0) is 49.0 Å². The third-order valence-electron chi connectivity index (χ3n) is 4.56. The first kappa shape index (κ1) is 8.55.